The molecule has 1 atom stereocenters. The lowest BCUT2D eigenvalue weighted by Gasteiger charge is -2.21. The van der Waals surface area contributed by atoms with Crippen molar-refractivity contribution < 1.29 is 0 Å². The summed E-state index contributed by atoms with van der Waals surface area (Å²) in [7, 11) is 0. The highest BCUT2D eigenvalue weighted by atomic mass is 32.2. The smallest absolute Gasteiger partial charge is 0.258 e. The first-order chi connectivity index (χ1) is 9.74. The van der Waals surface area contributed by atoms with Gasteiger partial charge in [0.15, 0.2) is 0 Å². The van der Waals surface area contributed by atoms with E-state index in [4.69, 9.17) is 0 Å². The number of fused-ring (bicyclic) bond motifs is 1. The number of benzene rings is 1. The maximum absolute atomic E-state index is 12.1. The standard InChI is InChI=1S/C15H19N3OS/c1-10-4-2-6-12-14(10)17-13(18-15(12)19)9-20-11-5-3-7-16-8-11/h2,4,6,11,16H,3,5,7-9H2,1H3,(H,17,18,19). The Labute approximate surface area is 122 Å². The van der Waals surface area contributed by atoms with Crippen LogP contribution in [0.5, 0.6) is 0 Å². The Morgan fingerprint density at radius 3 is 3.15 bits per heavy atom. The van der Waals surface area contributed by atoms with Crippen LogP contribution < -0.4 is 10.9 Å². The number of hydrogen-bond acceptors (Lipinski definition) is 4. The zero-order valence-electron chi connectivity index (χ0n) is 11.6. The van der Waals surface area contributed by atoms with Gasteiger partial charge in [0.25, 0.3) is 5.56 Å². The first-order valence-electron chi connectivity index (χ1n) is 7.05. The highest BCUT2D eigenvalue weighted by Crippen LogP contribution is 2.22. The zero-order chi connectivity index (χ0) is 13.9. The van der Waals surface area contributed by atoms with Crippen LogP contribution in [0.1, 0.15) is 24.2 Å². The predicted molar refractivity (Wildman–Crippen MR) is 84.3 cm³/mol. The molecule has 0 bridgehead atoms. The van der Waals surface area contributed by atoms with Gasteiger partial charge in [-0.15, -0.1) is 11.8 Å². The monoisotopic (exact) mass is 289 g/mol. The Bertz CT molecular complexity index is 662. The minimum atomic E-state index is -0.0314. The van der Waals surface area contributed by atoms with Crippen LogP contribution in [0.2, 0.25) is 0 Å². The number of nitrogens with one attached hydrogen (secondary N) is 2. The molecular weight excluding hydrogens is 270 g/mol. The number of rotatable bonds is 3. The number of thioether (sulfide) groups is 1. The Hall–Kier alpha value is -1.33. The van der Waals surface area contributed by atoms with Crippen molar-refractivity contribution in [1.29, 1.82) is 0 Å². The van der Waals surface area contributed by atoms with E-state index in [0.29, 0.717) is 10.6 Å². The molecule has 1 aliphatic heterocycles. The van der Waals surface area contributed by atoms with Gasteiger partial charge in [-0.25, -0.2) is 4.98 Å². The summed E-state index contributed by atoms with van der Waals surface area (Å²) in [6, 6.07) is 5.73. The van der Waals surface area contributed by atoms with Gasteiger partial charge in [-0.05, 0) is 37.9 Å². The molecule has 1 aliphatic rings. The van der Waals surface area contributed by atoms with Crippen molar-refractivity contribution in [2.45, 2.75) is 30.8 Å². The van der Waals surface area contributed by atoms with Gasteiger partial charge in [-0.1, -0.05) is 12.1 Å². The predicted octanol–water partition coefficient (Wildman–Crippen LogP) is 2.22. The largest absolute Gasteiger partial charge is 0.316 e. The summed E-state index contributed by atoms with van der Waals surface area (Å²) in [5.74, 6) is 1.55. The van der Waals surface area contributed by atoms with Crippen LogP contribution in [-0.4, -0.2) is 28.3 Å². The van der Waals surface area contributed by atoms with Gasteiger partial charge in [0.1, 0.15) is 5.82 Å². The first kappa shape index (κ1) is 13.6. The van der Waals surface area contributed by atoms with Gasteiger partial charge in [-0.3, -0.25) is 4.79 Å². The van der Waals surface area contributed by atoms with Crippen molar-refractivity contribution in [2.24, 2.45) is 0 Å². The molecule has 1 fully saturated rings. The fourth-order valence-corrected chi connectivity index (χ4v) is 3.68. The van der Waals surface area contributed by atoms with Gasteiger partial charge in [0, 0.05) is 11.8 Å². The Balaban J connectivity index is 1.81. The lowest BCUT2D eigenvalue weighted by molar-refractivity contribution is 0.531. The molecule has 4 nitrogen and oxygen atoms in total. The summed E-state index contributed by atoms with van der Waals surface area (Å²) in [4.78, 5) is 19.6. The van der Waals surface area contributed by atoms with Gasteiger partial charge < -0.3 is 10.3 Å². The van der Waals surface area contributed by atoms with E-state index in [2.05, 4.69) is 15.3 Å². The third-order valence-corrected chi connectivity index (χ3v) is 5.01. The quantitative estimate of drug-likeness (QED) is 0.909. The van der Waals surface area contributed by atoms with E-state index in [1.165, 1.54) is 12.8 Å². The summed E-state index contributed by atoms with van der Waals surface area (Å²) in [6.07, 6.45) is 2.48. The van der Waals surface area contributed by atoms with Crippen molar-refractivity contribution in [3.8, 4) is 0 Å². The van der Waals surface area contributed by atoms with Crippen molar-refractivity contribution in [2.75, 3.05) is 13.1 Å². The third kappa shape index (κ3) is 2.88. The van der Waals surface area contributed by atoms with Crippen LogP contribution >= 0.6 is 11.8 Å². The van der Waals surface area contributed by atoms with Gasteiger partial charge in [-0.2, -0.15) is 0 Å². The normalized spacial score (nSPS) is 19.4. The summed E-state index contributed by atoms with van der Waals surface area (Å²) >= 11 is 1.88. The molecule has 0 spiro atoms. The average molecular weight is 289 g/mol. The number of nitrogens with zero attached hydrogens (tertiary/aromatic N) is 1. The molecule has 3 rings (SSSR count). The van der Waals surface area contributed by atoms with E-state index in [1.807, 2.05) is 36.9 Å². The van der Waals surface area contributed by atoms with E-state index >= 15 is 0 Å². The molecule has 2 heterocycles. The fraction of sp³-hybridized carbons (Fsp3) is 0.467. The van der Waals surface area contributed by atoms with Crippen LogP contribution in [0.15, 0.2) is 23.0 Å². The maximum atomic E-state index is 12.1. The molecule has 1 saturated heterocycles. The average Bonchev–Trinajstić information content (AvgIpc) is 2.47. The van der Waals surface area contributed by atoms with Crippen molar-refractivity contribution >= 4 is 22.7 Å². The summed E-state index contributed by atoms with van der Waals surface area (Å²) < 4.78 is 0. The topological polar surface area (TPSA) is 57.8 Å². The Morgan fingerprint density at radius 2 is 2.35 bits per heavy atom. The first-order valence-corrected chi connectivity index (χ1v) is 8.10. The van der Waals surface area contributed by atoms with Crippen LogP contribution in [0, 0.1) is 6.92 Å². The number of aryl methyl sites for hydroxylation is 1. The molecule has 2 N–H and O–H groups in total. The number of aromatic amines is 1. The molecular formula is C15H19N3OS. The van der Waals surface area contributed by atoms with Crippen molar-refractivity contribution in [3.05, 3.63) is 39.9 Å². The van der Waals surface area contributed by atoms with Crippen LogP contribution in [-0.2, 0) is 5.75 Å². The molecule has 0 radical (unpaired) electrons. The number of para-hydroxylation sites is 1. The molecule has 1 unspecified atom stereocenters. The number of hydrogen-bond donors (Lipinski definition) is 2. The molecule has 0 aliphatic carbocycles. The van der Waals surface area contributed by atoms with Crippen LogP contribution in [0.3, 0.4) is 0 Å². The van der Waals surface area contributed by atoms with Gasteiger partial charge >= 0.3 is 0 Å². The van der Waals surface area contributed by atoms with Gasteiger partial charge in [0.2, 0.25) is 0 Å². The summed E-state index contributed by atoms with van der Waals surface area (Å²) in [5, 5.41) is 4.71. The second-order valence-corrected chi connectivity index (χ2v) is 6.55. The minimum Gasteiger partial charge on any atom is -0.316 e. The zero-order valence-corrected chi connectivity index (χ0v) is 12.4. The molecule has 1 aromatic carbocycles. The van der Waals surface area contributed by atoms with Crippen LogP contribution in [0.4, 0.5) is 0 Å². The van der Waals surface area contributed by atoms with E-state index < -0.39 is 0 Å². The van der Waals surface area contributed by atoms with E-state index in [9.17, 15) is 4.79 Å². The molecule has 5 heteroatoms. The third-order valence-electron chi connectivity index (χ3n) is 3.69. The SMILES string of the molecule is Cc1cccc2c(=O)[nH]c(CSC3CCCNC3)nc12. The van der Waals surface area contributed by atoms with Crippen LogP contribution in [0.25, 0.3) is 10.9 Å². The summed E-state index contributed by atoms with van der Waals surface area (Å²) in [5.41, 5.74) is 1.85. The molecule has 0 amide bonds. The molecule has 2 aromatic rings. The lowest BCUT2D eigenvalue weighted by Crippen LogP contribution is -2.31. The number of piperidine rings is 1. The second kappa shape index (κ2) is 5.97. The number of H-pyrrole nitrogens is 1. The second-order valence-electron chi connectivity index (χ2n) is 5.26. The van der Waals surface area contributed by atoms with E-state index in [1.54, 1.807) is 0 Å². The fourth-order valence-electron chi connectivity index (χ4n) is 2.58. The molecule has 1 aromatic heterocycles. The molecule has 106 valence electrons. The lowest BCUT2D eigenvalue weighted by atomic mass is 10.1. The van der Waals surface area contributed by atoms with Gasteiger partial charge in [0.05, 0.1) is 16.7 Å². The minimum absolute atomic E-state index is 0.0314. The van der Waals surface area contributed by atoms with E-state index in [0.717, 1.165) is 35.7 Å². The highest BCUT2D eigenvalue weighted by molar-refractivity contribution is 7.99. The Kier molecular flexibility index (Phi) is 4.08. The maximum Gasteiger partial charge on any atom is 0.258 e. The Morgan fingerprint density at radius 1 is 1.45 bits per heavy atom. The summed E-state index contributed by atoms with van der Waals surface area (Å²) in [6.45, 7) is 4.18. The van der Waals surface area contributed by atoms with Crippen molar-refractivity contribution in [3.63, 3.8) is 0 Å². The highest BCUT2D eigenvalue weighted by Gasteiger charge is 2.14. The molecule has 20 heavy (non-hydrogen) atoms. The van der Waals surface area contributed by atoms with E-state index in [-0.39, 0.29) is 5.56 Å². The molecule has 0 saturated carbocycles. The number of aromatic nitrogens is 2. The van der Waals surface area contributed by atoms with Crippen molar-refractivity contribution in [1.82, 2.24) is 15.3 Å².